The predicted octanol–water partition coefficient (Wildman–Crippen LogP) is 5.88. The molecule has 0 aliphatic rings. The number of anilines is 1. The van der Waals surface area contributed by atoms with E-state index in [1.807, 2.05) is 6.07 Å². The number of hydrogen-bond acceptors (Lipinski definition) is 1. The molecule has 0 atom stereocenters. The van der Waals surface area contributed by atoms with Gasteiger partial charge in [0.25, 0.3) is 0 Å². The van der Waals surface area contributed by atoms with Crippen molar-refractivity contribution in [2.45, 2.75) is 13.3 Å². The van der Waals surface area contributed by atoms with E-state index in [4.69, 9.17) is 5.73 Å². The first kappa shape index (κ1) is 12.7. The highest BCUT2D eigenvalue weighted by Crippen LogP contribution is 2.42. The van der Waals surface area contributed by atoms with Gasteiger partial charge in [-0.2, -0.15) is 0 Å². The molecular formula is C22H17N. The molecule has 1 nitrogen and oxygen atoms in total. The third-order valence-electron chi connectivity index (χ3n) is 5.08. The summed E-state index contributed by atoms with van der Waals surface area (Å²) in [6.07, 6.45) is 1.05. The van der Waals surface area contributed by atoms with E-state index in [0.717, 1.165) is 12.1 Å². The second-order valence-corrected chi connectivity index (χ2v) is 6.33. The topological polar surface area (TPSA) is 26.0 Å². The molecule has 0 aromatic heterocycles. The van der Waals surface area contributed by atoms with Crippen LogP contribution >= 0.6 is 0 Å². The quantitative estimate of drug-likeness (QED) is 0.233. The lowest BCUT2D eigenvalue weighted by Gasteiger charge is -2.16. The Hall–Kier alpha value is -2.80. The Balaban J connectivity index is 2.24. The summed E-state index contributed by atoms with van der Waals surface area (Å²) in [5, 5.41) is 10.3. The lowest BCUT2D eigenvalue weighted by atomic mass is 9.88. The first-order chi connectivity index (χ1) is 11.3. The molecule has 2 N–H and O–H groups in total. The van der Waals surface area contributed by atoms with Crippen molar-refractivity contribution >= 4 is 48.8 Å². The van der Waals surface area contributed by atoms with Crippen LogP contribution in [-0.2, 0) is 6.42 Å². The van der Waals surface area contributed by atoms with E-state index in [-0.39, 0.29) is 0 Å². The fourth-order valence-corrected chi connectivity index (χ4v) is 4.02. The SMILES string of the molecule is CCc1cc2cccc3c4c(N)ccc5cccc(c(c1)c23)c54. The Morgan fingerprint density at radius 3 is 2.30 bits per heavy atom. The van der Waals surface area contributed by atoms with Crippen molar-refractivity contribution in [2.24, 2.45) is 0 Å². The normalized spacial score (nSPS) is 12.0. The average molecular weight is 295 g/mol. The van der Waals surface area contributed by atoms with Crippen LogP contribution in [0.1, 0.15) is 12.5 Å². The van der Waals surface area contributed by atoms with Gasteiger partial charge in [0.15, 0.2) is 0 Å². The zero-order valence-corrected chi connectivity index (χ0v) is 13.1. The Kier molecular flexibility index (Phi) is 2.41. The highest BCUT2D eigenvalue weighted by molar-refractivity contribution is 6.35. The number of rotatable bonds is 1. The van der Waals surface area contributed by atoms with Gasteiger partial charge in [0.1, 0.15) is 0 Å². The van der Waals surface area contributed by atoms with Crippen molar-refractivity contribution in [1.29, 1.82) is 0 Å². The standard InChI is InChI=1S/C22H17N/c1-2-13-11-15-6-4-8-17-20(15)18(12-13)16-7-3-5-14-9-10-19(23)22(17)21(14)16/h3-12H,2,23H2,1H3. The highest BCUT2D eigenvalue weighted by Gasteiger charge is 2.14. The van der Waals surface area contributed by atoms with Gasteiger partial charge in [0.05, 0.1) is 0 Å². The van der Waals surface area contributed by atoms with E-state index < -0.39 is 0 Å². The summed E-state index contributed by atoms with van der Waals surface area (Å²) in [5.41, 5.74) is 8.64. The molecule has 5 rings (SSSR count). The molecule has 0 amide bonds. The molecule has 0 unspecified atom stereocenters. The summed E-state index contributed by atoms with van der Waals surface area (Å²) in [6, 6.07) is 22.0. The van der Waals surface area contributed by atoms with Gasteiger partial charge in [0, 0.05) is 11.1 Å². The number of fused-ring (bicyclic) bond motifs is 2. The first-order valence-electron chi connectivity index (χ1n) is 8.15. The van der Waals surface area contributed by atoms with Crippen LogP contribution in [0.5, 0.6) is 0 Å². The Bertz CT molecular complexity index is 1200. The molecule has 0 heterocycles. The van der Waals surface area contributed by atoms with E-state index in [0.29, 0.717) is 0 Å². The number of benzene rings is 5. The number of aryl methyl sites for hydroxylation is 1. The van der Waals surface area contributed by atoms with E-state index in [2.05, 4.69) is 61.5 Å². The average Bonchev–Trinajstić information content (AvgIpc) is 2.59. The van der Waals surface area contributed by atoms with Crippen molar-refractivity contribution in [3.63, 3.8) is 0 Å². The van der Waals surface area contributed by atoms with Crippen molar-refractivity contribution in [2.75, 3.05) is 5.73 Å². The smallest absolute Gasteiger partial charge is 0.0400 e. The van der Waals surface area contributed by atoms with Crippen molar-refractivity contribution in [3.8, 4) is 0 Å². The first-order valence-corrected chi connectivity index (χ1v) is 8.15. The minimum absolute atomic E-state index is 0.864. The second-order valence-electron chi connectivity index (χ2n) is 6.33. The van der Waals surface area contributed by atoms with E-state index in [9.17, 15) is 0 Å². The van der Waals surface area contributed by atoms with Crippen LogP contribution < -0.4 is 5.73 Å². The second kappa shape index (κ2) is 4.36. The van der Waals surface area contributed by atoms with Crippen LogP contribution in [0.2, 0.25) is 0 Å². The van der Waals surface area contributed by atoms with Crippen LogP contribution in [0.25, 0.3) is 43.1 Å². The maximum absolute atomic E-state index is 6.39. The van der Waals surface area contributed by atoms with Gasteiger partial charge in [-0.25, -0.2) is 0 Å². The lowest BCUT2D eigenvalue weighted by Crippen LogP contribution is -1.93. The van der Waals surface area contributed by atoms with Crippen LogP contribution in [0.15, 0.2) is 60.7 Å². The van der Waals surface area contributed by atoms with Gasteiger partial charge >= 0.3 is 0 Å². The number of hydrogen-bond donors (Lipinski definition) is 1. The van der Waals surface area contributed by atoms with Crippen LogP contribution in [0, 0.1) is 0 Å². The number of nitrogen functional groups attached to an aromatic ring is 1. The molecule has 1 heteroatoms. The van der Waals surface area contributed by atoms with Gasteiger partial charge in [-0.3, -0.25) is 0 Å². The van der Waals surface area contributed by atoms with Gasteiger partial charge in [-0.1, -0.05) is 61.5 Å². The third kappa shape index (κ3) is 1.57. The maximum atomic E-state index is 6.39. The molecule has 0 aliphatic carbocycles. The highest BCUT2D eigenvalue weighted by atomic mass is 14.6. The predicted molar refractivity (Wildman–Crippen MR) is 101 cm³/mol. The Morgan fingerprint density at radius 2 is 1.48 bits per heavy atom. The molecule has 110 valence electrons. The molecule has 0 fully saturated rings. The summed E-state index contributed by atoms with van der Waals surface area (Å²) in [6.45, 7) is 2.22. The Morgan fingerprint density at radius 1 is 0.696 bits per heavy atom. The van der Waals surface area contributed by atoms with E-state index in [1.165, 1.54) is 48.7 Å². The van der Waals surface area contributed by atoms with Crippen LogP contribution in [-0.4, -0.2) is 0 Å². The molecular weight excluding hydrogens is 278 g/mol. The van der Waals surface area contributed by atoms with Crippen LogP contribution in [0.3, 0.4) is 0 Å². The molecule has 5 aromatic carbocycles. The molecule has 0 aliphatic heterocycles. The zero-order valence-electron chi connectivity index (χ0n) is 13.1. The van der Waals surface area contributed by atoms with Crippen molar-refractivity contribution in [3.05, 3.63) is 66.2 Å². The van der Waals surface area contributed by atoms with Crippen LogP contribution in [0.4, 0.5) is 5.69 Å². The molecule has 23 heavy (non-hydrogen) atoms. The summed E-state index contributed by atoms with van der Waals surface area (Å²) in [5.74, 6) is 0. The van der Waals surface area contributed by atoms with Crippen molar-refractivity contribution in [1.82, 2.24) is 0 Å². The maximum Gasteiger partial charge on any atom is 0.0400 e. The summed E-state index contributed by atoms with van der Waals surface area (Å²) in [7, 11) is 0. The van der Waals surface area contributed by atoms with Gasteiger partial charge in [0.2, 0.25) is 0 Å². The molecule has 0 saturated heterocycles. The van der Waals surface area contributed by atoms with E-state index >= 15 is 0 Å². The van der Waals surface area contributed by atoms with Gasteiger partial charge < -0.3 is 5.73 Å². The van der Waals surface area contributed by atoms with E-state index in [1.54, 1.807) is 0 Å². The van der Waals surface area contributed by atoms with Crippen molar-refractivity contribution < 1.29 is 0 Å². The summed E-state index contributed by atoms with van der Waals surface area (Å²) in [4.78, 5) is 0. The minimum atomic E-state index is 0.864. The summed E-state index contributed by atoms with van der Waals surface area (Å²) < 4.78 is 0. The minimum Gasteiger partial charge on any atom is -0.398 e. The van der Waals surface area contributed by atoms with Gasteiger partial charge in [-0.05, 0) is 55.8 Å². The monoisotopic (exact) mass is 295 g/mol. The van der Waals surface area contributed by atoms with Gasteiger partial charge in [-0.15, -0.1) is 0 Å². The molecule has 5 aromatic rings. The summed E-state index contributed by atoms with van der Waals surface area (Å²) >= 11 is 0. The molecule has 0 saturated carbocycles. The third-order valence-corrected chi connectivity index (χ3v) is 5.08. The molecule has 0 bridgehead atoms. The molecule has 0 radical (unpaired) electrons. The fraction of sp³-hybridized carbons (Fsp3) is 0.0909. The molecule has 0 spiro atoms. The number of nitrogens with two attached hydrogens (primary N) is 1. The Labute approximate surface area is 134 Å². The zero-order chi connectivity index (χ0) is 15.6. The fourth-order valence-electron chi connectivity index (χ4n) is 4.02. The lowest BCUT2D eigenvalue weighted by molar-refractivity contribution is 1.15. The largest absolute Gasteiger partial charge is 0.398 e.